The summed E-state index contributed by atoms with van der Waals surface area (Å²) < 4.78 is 11.7. The summed E-state index contributed by atoms with van der Waals surface area (Å²) in [6.07, 6.45) is 0.619. The molecule has 0 aromatic heterocycles. The van der Waals surface area contributed by atoms with Crippen molar-refractivity contribution in [3.63, 3.8) is 0 Å². The van der Waals surface area contributed by atoms with Gasteiger partial charge in [-0.25, -0.2) is 4.79 Å². The van der Waals surface area contributed by atoms with Gasteiger partial charge in [-0.15, -0.1) is 0 Å². The molecule has 0 saturated carbocycles. The minimum absolute atomic E-state index is 0.108. The second-order valence-electron chi connectivity index (χ2n) is 6.61. The third kappa shape index (κ3) is 4.55. The quantitative estimate of drug-likeness (QED) is 0.799. The van der Waals surface area contributed by atoms with E-state index in [-0.39, 0.29) is 23.6 Å². The summed E-state index contributed by atoms with van der Waals surface area (Å²) in [6.45, 7) is 5.56. The van der Waals surface area contributed by atoms with Crippen molar-refractivity contribution in [1.29, 1.82) is 0 Å². The van der Waals surface area contributed by atoms with Gasteiger partial charge in [-0.3, -0.25) is 0 Å². The molecule has 4 nitrogen and oxygen atoms in total. The smallest absolute Gasteiger partial charge is 0.338 e. The van der Waals surface area contributed by atoms with E-state index in [0.717, 1.165) is 13.0 Å². The summed E-state index contributed by atoms with van der Waals surface area (Å²) in [5, 5.41) is 0. The fourth-order valence-corrected chi connectivity index (χ4v) is 2.71. The van der Waals surface area contributed by atoms with E-state index in [0.29, 0.717) is 12.2 Å². The summed E-state index contributed by atoms with van der Waals surface area (Å²) in [4.78, 5) is 14.4. The van der Waals surface area contributed by atoms with Crippen molar-refractivity contribution in [2.75, 3.05) is 27.2 Å². The zero-order valence-electron chi connectivity index (χ0n) is 13.3. The average Bonchev–Trinajstić information content (AvgIpc) is 2.42. The molecule has 1 heterocycles. The molecule has 1 aliphatic heterocycles. The first kappa shape index (κ1) is 16.0. The molecule has 2 rings (SSSR count). The largest absolute Gasteiger partial charge is 0.458 e. The van der Waals surface area contributed by atoms with E-state index in [1.807, 2.05) is 46.1 Å². The van der Waals surface area contributed by atoms with Crippen molar-refractivity contribution in [1.82, 2.24) is 4.90 Å². The first-order valence-electron chi connectivity index (χ1n) is 7.42. The number of nitrogens with zero attached hydrogens (tertiary/aromatic N) is 1. The Morgan fingerprint density at radius 2 is 2.00 bits per heavy atom. The number of carbonyl (C=O) groups excluding carboxylic acids is 1. The standard InChI is InChI=1S/C17H25NO3/c1-17(2)10-15(14(12-20-17)11-18(3)4)21-16(19)13-8-6-5-7-9-13/h5-9,14-15H,10-12H2,1-4H3/t14-,15+/m0/s1. The van der Waals surface area contributed by atoms with Crippen molar-refractivity contribution in [3.8, 4) is 0 Å². The highest BCUT2D eigenvalue weighted by Crippen LogP contribution is 2.30. The van der Waals surface area contributed by atoms with Gasteiger partial charge in [0.2, 0.25) is 0 Å². The molecule has 1 saturated heterocycles. The summed E-state index contributed by atoms with van der Waals surface area (Å²) in [5.41, 5.74) is 0.357. The van der Waals surface area contributed by atoms with Gasteiger partial charge in [0, 0.05) is 18.9 Å². The molecule has 0 spiro atoms. The highest BCUT2D eigenvalue weighted by Gasteiger charge is 2.38. The van der Waals surface area contributed by atoms with Gasteiger partial charge < -0.3 is 14.4 Å². The first-order valence-corrected chi connectivity index (χ1v) is 7.42. The Hall–Kier alpha value is -1.39. The highest BCUT2D eigenvalue weighted by molar-refractivity contribution is 5.89. The molecule has 116 valence electrons. The fraction of sp³-hybridized carbons (Fsp3) is 0.588. The van der Waals surface area contributed by atoms with Crippen LogP contribution in [0.1, 0.15) is 30.6 Å². The van der Waals surface area contributed by atoms with Gasteiger partial charge in [0.25, 0.3) is 0 Å². The molecule has 0 unspecified atom stereocenters. The number of rotatable bonds is 4. The zero-order chi connectivity index (χ0) is 15.5. The minimum atomic E-state index is -0.248. The fourth-order valence-electron chi connectivity index (χ4n) is 2.71. The van der Waals surface area contributed by atoms with Crippen LogP contribution in [0.3, 0.4) is 0 Å². The van der Waals surface area contributed by atoms with Crippen LogP contribution in [-0.4, -0.2) is 49.8 Å². The number of esters is 1. The van der Waals surface area contributed by atoms with Gasteiger partial charge in [-0.2, -0.15) is 0 Å². The van der Waals surface area contributed by atoms with Gasteiger partial charge in [0.1, 0.15) is 6.10 Å². The molecule has 1 aromatic carbocycles. The monoisotopic (exact) mass is 291 g/mol. The van der Waals surface area contributed by atoms with Crippen LogP contribution in [0, 0.1) is 5.92 Å². The van der Waals surface area contributed by atoms with E-state index in [1.165, 1.54) is 0 Å². The van der Waals surface area contributed by atoms with Crippen LogP contribution in [0.15, 0.2) is 30.3 Å². The SMILES string of the molecule is CN(C)C[C@H]1COC(C)(C)C[C@H]1OC(=O)c1ccccc1. The lowest BCUT2D eigenvalue weighted by Gasteiger charge is -2.41. The molecular weight excluding hydrogens is 266 g/mol. The predicted octanol–water partition coefficient (Wildman–Crippen LogP) is 2.59. The second kappa shape index (κ2) is 6.58. The molecule has 1 fully saturated rings. The molecule has 0 N–H and O–H groups in total. The topological polar surface area (TPSA) is 38.8 Å². The minimum Gasteiger partial charge on any atom is -0.458 e. The van der Waals surface area contributed by atoms with E-state index in [1.54, 1.807) is 12.1 Å². The van der Waals surface area contributed by atoms with Crippen LogP contribution in [-0.2, 0) is 9.47 Å². The Balaban J connectivity index is 2.07. The Morgan fingerprint density at radius 3 is 2.62 bits per heavy atom. The van der Waals surface area contributed by atoms with Crippen LogP contribution in [0.4, 0.5) is 0 Å². The van der Waals surface area contributed by atoms with Crippen molar-refractivity contribution < 1.29 is 14.3 Å². The van der Waals surface area contributed by atoms with E-state index in [9.17, 15) is 4.79 Å². The van der Waals surface area contributed by atoms with Crippen molar-refractivity contribution in [2.24, 2.45) is 5.92 Å². The van der Waals surface area contributed by atoms with E-state index in [2.05, 4.69) is 4.90 Å². The molecule has 1 aromatic rings. The molecular formula is C17H25NO3. The lowest BCUT2D eigenvalue weighted by molar-refractivity contribution is -0.135. The van der Waals surface area contributed by atoms with E-state index in [4.69, 9.17) is 9.47 Å². The van der Waals surface area contributed by atoms with Gasteiger partial charge in [0.05, 0.1) is 17.8 Å². The van der Waals surface area contributed by atoms with Gasteiger partial charge >= 0.3 is 5.97 Å². The number of benzene rings is 1. The average molecular weight is 291 g/mol. The van der Waals surface area contributed by atoms with Gasteiger partial charge in [-0.1, -0.05) is 18.2 Å². The Kier molecular flexibility index (Phi) is 5.01. The van der Waals surface area contributed by atoms with E-state index >= 15 is 0 Å². The zero-order valence-corrected chi connectivity index (χ0v) is 13.3. The van der Waals surface area contributed by atoms with E-state index < -0.39 is 0 Å². The molecule has 2 atom stereocenters. The van der Waals surface area contributed by atoms with Gasteiger partial charge in [-0.05, 0) is 40.1 Å². The Labute approximate surface area is 127 Å². The third-order valence-corrected chi connectivity index (χ3v) is 3.77. The number of carbonyl (C=O) groups is 1. The van der Waals surface area contributed by atoms with Crippen LogP contribution in [0.2, 0.25) is 0 Å². The Morgan fingerprint density at radius 1 is 1.33 bits per heavy atom. The molecule has 0 bridgehead atoms. The first-order chi connectivity index (χ1) is 9.87. The summed E-state index contributed by atoms with van der Waals surface area (Å²) >= 11 is 0. The second-order valence-corrected chi connectivity index (χ2v) is 6.61. The molecule has 0 amide bonds. The molecule has 0 aliphatic carbocycles. The van der Waals surface area contributed by atoms with Crippen molar-refractivity contribution >= 4 is 5.97 Å². The number of ether oxygens (including phenoxy) is 2. The van der Waals surface area contributed by atoms with Crippen LogP contribution < -0.4 is 0 Å². The lowest BCUT2D eigenvalue weighted by atomic mass is 9.88. The normalized spacial score (nSPS) is 24.8. The maximum absolute atomic E-state index is 12.3. The molecule has 1 aliphatic rings. The molecule has 21 heavy (non-hydrogen) atoms. The number of hydrogen-bond donors (Lipinski definition) is 0. The maximum Gasteiger partial charge on any atom is 0.338 e. The maximum atomic E-state index is 12.3. The number of hydrogen-bond acceptors (Lipinski definition) is 4. The molecule has 0 radical (unpaired) electrons. The molecule has 4 heteroatoms. The summed E-state index contributed by atoms with van der Waals surface area (Å²) in [5.74, 6) is -0.0391. The van der Waals surface area contributed by atoms with Crippen LogP contribution >= 0.6 is 0 Å². The summed E-state index contributed by atoms with van der Waals surface area (Å²) in [7, 11) is 4.05. The van der Waals surface area contributed by atoms with Gasteiger partial charge in [0.15, 0.2) is 0 Å². The third-order valence-electron chi connectivity index (χ3n) is 3.77. The lowest BCUT2D eigenvalue weighted by Crippen LogP contribution is -2.48. The predicted molar refractivity (Wildman–Crippen MR) is 82.3 cm³/mol. The van der Waals surface area contributed by atoms with Crippen LogP contribution in [0.5, 0.6) is 0 Å². The van der Waals surface area contributed by atoms with Crippen molar-refractivity contribution in [3.05, 3.63) is 35.9 Å². The van der Waals surface area contributed by atoms with Crippen LogP contribution in [0.25, 0.3) is 0 Å². The van der Waals surface area contributed by atoms with Crippen molar-refractivity contribution in [2.45, 2.75) is 32.0 Å². The Bertz CT molecular complexity index is 470. The highest BCUT2D eigenvalue weighted by atomic mass is 16.6. The summed E-state index contributed by atoms with van der Waals surface area (Å²) in [6, 6.07) is 9.16.